The normalized spacial score (nSPS) is 18.1. The smallest absolute Gasteiger partial charge is 0.229 e. The van der Waals surface area contributed by atoms with Crippen molar-refractivity contribution >= 4 is 22.8 Å². The Balaban J connectivity index is 1.22. The SMILES string of the molecule is Cc1nc2c(F)cc(-c3nc(Nc4ccc5c(n4)CCN(C[C@H]4CNCCO4)C5)ncc3F)cc2n1C(C)C. The highest BCUT2D eigenvalue weighted by Crippen LogP contribution is 2.30. The van der Waals surface area contributed by atoms with Crippen molar-refractivity contribution < 1.29 is 13.5 Å². The number of fused-ring (bicyclic) bond motifs is 2. The fourth-order valence-electron chi connectivity index (χ4n) is 5.53. The number of morpholine rings is 1. The Hall–Kier alpha value is -3.54. The molecule has 0 aliphatic carbocycles. The largest absolute Gasteiger partial charge is 0.374 e. The molecule has 2 aliphatic heterocycles. The molecule has 1 saturated heterocycles. The van der Waals surface area contributed by atoms with Crippen LogP contribution in [0.4, 0.5) is 20.5 Å². The first-order chi connectivity index (χ1) is 18.9. The van der Waals surface area contributed by atoms with Gasteiger partial charge < -0.3 is 19.9 Å². The zero-order valence-corrected chi connectivity index (χ0v) is 22.3. The lowest BCUT2D eigenvalue weighted by atomic mass is 10.0. The zero-order valence-electron chi connectivity index (χ0n) is 22.3. The van der Waals surface area contributed by atoms with E-state index in [1.807, 2.05) is 31.4 Å². The van der Waals surface area contributed by atoms with Crippen LogP contribution in [0.15, 0.2) is 30.5 Å². The molecule has 2 aliphatic rings. The molecule has 204 valence electrons. The van der Waals surface area contributed by atoms with E-state index in [2.05, 4.69) is 36.6 Å². The number of benzene rings is 1. The van der Waals surface area contributed by atoms with Crippen LogP contribution in [-0.4, -0.2) is 68.3 Å². The lowest BCUT2D eigenvalue weighted by Crippen LogP contribution is -2.46. The van der Waals surface area contributed by atoms with Crippen LogP contribution >= 0.6 is 0 Å². The second-order valence-electron chi connectivity index (χ2n) is 10.4. The molecule has 0 saturated carbocycles. The first-order valence-corrected chi connectivity index (χ1v) is 13.4. The predicted octanol–water partition coefficient (Wildman–Crippen LogP) is 4.15. The number of nitrogens with zero attached hydrogens (tertiary/aromatic N) is 6. The molecule has 1 aromatic carbocycles. The number of hydrogen-bond donors (Lipinski definition) is 2. The van der Waals surface area contributed by atoms with Crippen molar-refractivity contribution in [1.29, 1.82) is 0 Å². The minimum atomic E-state index is -0.637. The molecule has 0 bridgehead atoms. The summed E-state index contributed by atoms with van der Waals surface area (Å²) in [6.45, 7) is 11.0. The van der Waals surface area contributed by atoms with Gasteiger partial charge in [-0.05, 0) is 44.5 Å². The van der Waals surface area contributed by atoms with Gasteiger partial charge in [0.05, 0.1) is 24.4 Å². The van der Waals surface area contributed by atoms with Crippen molar-refractivity contribution in [3.8, 4) is 11.3 Å². The minimum absolute atomic E-state index is 0.00971. The summed E-state index contributed by atoms with van der Waals surface area (Å²) in [6, 6.07) is 7.00. The fourth-order valence-corrected chi connectivity index (χ4v) is 5.53. The molecule has 0 spiro atoms. The van der Waals surface area contributed by atoms with Crippen LogP contribution in [0, 0.1) is 18.6 Å². The number of pyridine rings is 1. The Kier molecular flexibility index (Phi) is 6.96. The van der Waals surface area contributed by atoms with E-state index in [0.717, 1.165) is 57.6 Å². The van der Waals surface area contributed by atoms with Gasteiger partial charge in [0.2, 0.25) is 5.95 Å². The number of ether oxygens (including phenoxy) is 1. The number of aryl methyl sites for hydroxylation is 1. The van der Waals surface area contributed by atoms with Gasteiger partial charge in [0.15, 0.2) is 11.6 Å². The molecule has 0 unspecified atom stereocenters. The second kappa shape index (κ2) is 10.6. The van der Waals surface area contributed by atoms with E-state index in [0.29, 0.717) is 22.7 Å². The van der Waals surface area contributed by atoms with Gasteiger partial charge in [-0.15, -0.1) is 0 Å². The first kappa shape index (κ1) is 25.7. The second-order valence-corrected chi connectivity index (χ2v) is 10.4. The van der Waals surface area contributed by atoms with Crippen LogP contribution < -0.4 is 10.6 Å². The predicted molar refractivity (Wildman–Crippen MR) is 145 cm³/mol. The highest BCUT2D eigenvalue weighted by molar-refractivity contribution is 5.83. The maximum atomic E-state index is 15.0. The van der Waals surface area contributed by atoms with Gasteiger partial charge in [0.25, 0.3) is 0 Å². The summed E-state index contributed by atoms with van der Waals surface area (Å²) >= 11 is 0. The van der Waals surface area contributed by atoms with Gasteiger partial charge in [-0.2, -0.15) is 0 Å². The summed E-state index contributed by atoms with van der Waals surface area (Å²) in [5, 5.41) is 6.48. The van der Waals surface area contributed by atoms with Crippen molar-refractivity contribution in [2.75, 3.05) is 38.1 Å². The van der Waals surface area contributed by atoms with Crippen LogP contribution in [-0.2, 0) is 17.7 Å². The van der Waals surface area contributed by atoms with Gasteiger partial charge in [0, 0.05) is 56.4 Å². The summed E-state index contributed by atoms with van der Waals surface area (Å²) < 4.78 is 37.7. The number of anilines is 2. The number of rotatable bonds is 6. The Labute approximate surface area is 225 Å². The third-order valence-corrected chi connectivity index (χ3v) is 7.29. The maximum absolute atomic E-state index is 15.0. The van der Waals surface area contributed by atoms with Crippen LogP contribution in [0.25, 0.3) is 22.3 Å². The van der Waals surface area contributed by atoms with E-state index in [1.165, 1.54) is 11.6 Å². The Morgan fingerprint density at radius 3 is 2.82 bits per heavy atom. The third kappa shape index (κ3) is 5.21. The summed E-state index contributed by atoms with van der Waals surface area (Å²) in [7, 11) is 0. The molecule has 4 aromatic rings. The van der Waals surface area contributed by atoms with E-state index in [4.69, 9.17) is 9.72 Å². The van der Waals surface area contributed by atoms with E-state index in [-0.39, 0.29) is 29.3 Å². The van der Waals surface area contributed by atoms with Crippen molar-refractivity contribution in [2.24, 2.45) is 0 Å². The highest BCUT2D eigenvalue weighted by Gasteiger charge is 2.23. The Morgan fingerprint density at radius 2 is 2.03 bits per heavy atom. The molecule has 6 rings (SSSR count). The minimum Gasteiger partial charge on any atom is -0.374 e. The first-order valence-electron chi connectivity index (χ1n) is 13.4. The lowest BCUT2D eigenvalue weighted by molar-refractivity contribution is 0.00289. The fraction of sp³-hybridized carbons (Fsp3) is 0.429. The number of aromatic nitrogens is 5. The van der Waals surface area contributed by atoms with Crippen LogP contribution in [0.2, 0.25) is 0 Å². The quantitative estimate of drug-likeness (QED) is 0.381. The van der Waals surface area contributed by atoms with Crippen molar-refractivity contribution in [1.82, 2.24) is 34.7 Å². The van der Waals surface area contributed by atoms with E-state index < -0.39 is 11.6 Å². The third-order valence-electron chi connectivity index (χ3n) is 7.29. The Bertz CT molecular complexity index is 1520. The maximum Gasteiger partial charge on any atom is 0.229 e. The molecule has 1 atom stereocenters. The number of imidazole rings is 1. The van der Waals surface area contributed by atoms with E-state index in [1.54, 1.807) is 6.07 Å². The lowest BCUT2D eigenvalue weighted by Gasteiger charge is -2.33. The van der Waals surface area contributed by atoms with Gasteiger partial charge in [-0.25, -0.2) is 28.7 Å². The summed E-state index contributed by atoms with van der Waals surface area (Å²) in [6.07, 6.45) is 2.13. The molecule has 5 heterocycles. The van der Waals surface area contributed by atoms with Crippen LogP contribution in [0.5, 0.6) is 0 Å². The van der Waals surface area contributed by atoms with Crippen molar-refractivity contribution in [2.45, 2.75) is 45.9 Å². The number of nitrogens with one attached hydrogen (secondary N) is 2. The molecular weight excluding hydrogens is 502 g/mol. The molecular formula is C28H32F2N8O. The molecule has 39 heavy (non-hydrogen) atoms. The molecule has 9 nitrogen and oxygen atoms in total. The van der Waals surface area contributed by atoms with Crippen LogP contribution in [0.3, 0.4) is 0 Å². The molecule has 11 heteroatoms. The van der Waals surface area contributed by atoms with Gasteiger partial charge in [0.1, 0.15) is 22.9 Å². The molecule has 3 aromatic heterocycles. The summed E-state index contributed by atoms with van der Waals surface area (Å²) in [5.41, 5.74) is 3.39. The van der Waals surface area contributed by atoms with Crippen molar-refractivity contribution in [3.63, 3.8) is 0 Å². The molecule has 1 fully saturated rings. The van der Waals surface area contributed by atoms with Gasteiger partial charge in [-0.1, -0.05) is 6.07 Å². The summed E-state index contributed by atoms with van der Waals surface area (Å²) in [4.78, 5) is 20.0. The molecule has 0 amide bonds. The van der Waals surface area contributed by atoms with Gasteiger partial charge in [-0.3, -0.25) is 4.90 Å². The monoisotopic (exact) mass is 534 g/mol. The Morgan fingerprint density at radius 1 is 1.15 bits per heavy atom. The number of hydrogen-bond acceptors (Lipinski definition) is 8. The zero-order chi connectivity index (χ0) is 27.1. The standard InChI is InChI=1S/C28H32F2N8O/c1-16(2)38-17(3)33-27-21(29)10-19(11-24(27)38)26-22(30)13-32-28(36-26)35-25-5-4-18-14-37(8-6-23(18)34-25)15-20-12-31-7-9-39-20/h4-5,10-11,13,16,20,31H,6-9,12,14-15H2,1-3H3,(H,32,34,35,36)/t20-/m1/s1. The number of halogens is 2. The van der Waals surface area contributed by atoms with E-state index in [9.17, 15) is 4.39 Å². The van der Waals surface area contributed by atoms with E-state index >= 15 is 4.39 Å². The van der Waals surface area contributed by atoms with Crippen LogP contribution in [0.1, 0.15) is 37.0 Å². The highest BCUT2D eigenvalue weighted by atomic mass is 19.1. The average Bonchev–Trinajstić information content (AvgIpc) is 3.27. The summed E-state index contributed by atoms with van der Waals surface area (Å²) in [5.74, 6) is 0.306. The average molecular weight is 535 g/mol. The van der Waals surface area contributed by atoms with Gasteiger partial charge >= 0.3 is 0 Å². The molecule has 2 N–H and O–H groups in total. The van der Waals surface area contributed by atoms with Crippen molar-refractivity contribution in [3.05, 3.63) is 59.2 Å². The topological polar surface area (TPSA) is 93.0 Å². The molecule has 0 radical (unpaired) electrons.